The third-order valence-corrected chi connectivity index (χ3v) is 5.66. The van der Waals surface area contributed by atoms with E-state index < -0.39 is 5.97 Å². The summed E-state index contributed by atoms with van der Waals surface area (Å²) in [5, 5.41) is 17.4. The van der Waals surface area contributed by atoms with Gasteiger partial charge in [0.1, 0.15) is 11.5 Å². The van der Waals surface area contributed by atoms with Gasteiger partial charge in [-0.1, -0.05) is 57.9 Å². The number of hydrogen-bond donors (Lipinski definition) is 0. The number of nitriles is 1. The van der Waals surface area contributed by atoms with Crippen molar-refractivity contribution in [1.29, 1.82) is 5.26 Å². The molecule has 36 heavy (non-hydrogen) atoms. The number of carbonyl (C=O) groups excluding carboxylic acids is 1. The summed E-state index contributed by atoms with van der Waals surface area (Å²) >= 11 is 0. The molecule has 0 radical (unpaired) electrons. The van der Waals surface area contributed by atoms with Crippen LogP contribution in [0.4, 0.5) is 11.4 Å². The SMILES string of the molecule is CCCCCCCCCCOc1ccc(N=Nc2ccc(C(=O)Oc3cccc(C#N)c3)cc2)cc1. The first-order valence-corrected chi connectivity index (χ1v) is 12.6. The van der Waals surface area contributed by atoms with Crippen LogP contribution in [0.25, 0.3) is 0 Å². The van der Waals surface area contributed by atoms with Gasteiger partial charge in [0, 0.05) is 0 Å². The maximum atomic E-state index is 12.3. The summed E-state index contributed by atoms with van der Waals surface area (Å²) in [6.07, 6.45) is 10.2. The minimum absolute atomic E-state index is 0.327. The smallest absolute Gasteiger partial charge is 0.343 e. The lowest BCUT2D eigenvalue weighted by Gasteiger charge is -2.06. The summed E-state index contributed by atoms with van der Waals surface area (Å²) in [6, 6.07) is 22.7. The first kappa shape index (κ1) is 26.6. The Kier molecular flexibility index (Phi) is 11.2. The number of azo groups is 1. The standard InChI is InChI=1S/C30H33N3O3/c1-2-3-4-5-6-7-8-9-21-35-28-19-17-27(18-20-28)33-32-26-15-13-25(14-16-26)30(34)36-29-12-10-11-24(22-29)23-31/h10-20,22H,2-9,21H2,1H3. The number of esters is 1. The zero-order chi connectivity index (χ0) is 25.4. The number of hydrogen-bond acceptors (Lipinski definition) is 6. The van der Waals surface area contributed by atoms with Gasteiger partial charge in [-0.3, -0.25) is 0 Å². The van der Waals surface area contributed by atoms with E-state index in [-0.39, 0.29) is 0 Å². The van der Waals surface area contributed by atoms with Gasteiger partial charge in [-0.25, -0.2) is 4.79 Å². The first-order valence-electron chi connectivity index (χ1n) is 12.6. The lowest BCUT2D eigenvalue weighted by atomic mass is 10.1. The van der Waals surface area contributed by atoms with Crippen molar-refractivity contribution < 1.29 is 14.3 Å². The number of rotatable bonds is 14. The van der Waals surface area contributed by atoms with Crippen LogP contribution in [-0.2, 0) is 0 Å². The monoisotopic (exact) mass is 483 g/mol. The molecule has 0 unspecified atom stereocenters. The average molecular weight is 484 g/mol. The fourth-order valence-corrected chi connectivity index (χ4v) is 3.61. The van der Waals surface area contributed by atoms with Gasteiger partial charge in [0.05, 0.1) is 35.2 Å². The maximum absolute atomic E-state index is 12.3. The van der Waals surface area contributed by atoms with E-state index >= 15 is 0 Å². The third-order valence-electron chi connectivity index (χ3n) is 5.66. The molecule has 186 valence electrons. The minimum atomic E-state index is -0.504. The molecule has 0 aliphatic carbocycles. The largest absolute Gasteiger partial charge is 0.494 e. The highest BCUT2D eigenvalue weighted by atomic mass is 16.5. The minimum Gasteiger partial charge on any atom is -0.494 e. The third kappa shape index (κ3) is 9.34. The maximum Gasteiger partial charge on any atom is 0.343 e. The van der Waals surface area contributed by atoms with Crippen LogP contribution in [0.15, 0.2) is 83.0 Å². The van der Waals surface area contributed by atoms with Crippen LogP contribution in [-0.4, -0.2) is 12.6 Å². The number of ether oxygens (including phenoxy) is 2. The Labute approximate surface area is 213 Å². The predicted molar refractivity (Wildman–Crippen MR) is 141 cm³/mol. The normalized spacial score (nSPS) is 10.8. The van der Waals surface area contributed by atoms with E-state index in [1.807, 2.05) is 30.3 Å². The lowest BCUT2D eigenvalue weighted by molar-refractivity contribution is 0.0735. The van der Waals surface area contributed by atoms with Crippen molar-refractivity contribution in [2.24, 2.45) is 10.2 Å². The number of unbranched alkanes of at least 4 members (excludes halogenated alkanes) is 7. The lowest BCUT2D eigenvalue weighted by Crippen LogP contribution is -2.08. The Balaban J connectivity index is 1.40. The van der Waals surface area contributed by atoms with Crippen LogP contribution in [0, 0.1) is 11.3 Å². The second-order valence-electron chi connectivity index (χ2n) is 8.59. The van der Waals surface area contributed by atoms with Crippen LogP contribution < -0.4 is 9.47 Å². The molecule has 0 saturated heterocycles. The topological polar surface area (TPSA) is 84.0 Å². The van der Waals surface area contributed by atoms with Gasteiger partial charge in [0.15, 0.2) is 0 Å². The summed E-state index contributed by atoms with van der Waals surface area (Å²) in [4.78, 5) is 12.3. The Morgan fingerprint density at radius 3 is 2.03 bits per heavy atom. The molecule has 0 aliphatic rings. The molecule has 0 atom stereocenters. The summed E-state index contributed by atoms with van der Waals surface area (Å²) < 4.78 is 11.2. The van der Waals surface area contributed by atoms with Crippen LogP contribution in [0.3, 0.4) is 0 Å². The average Bonchev–Trinajstić information content (AvgIpc) is 2.92. The molecule has 3 rings (SSSR count). The van der Waals surface area contributed by atoms with E-state index in [1.54, 1.807) is 42.5 Å². The molecule has 0 heterocycles. The van der Waals surface area contributed by atoms with Crippen LogP contribution in [0.2, 0.25) is 0 Å². The second-order valence-corrected chi connectivity index (χ2v) is 8.59. The van der Waals surface area contributed by atoms with Crippen molar-refractivity contribution in [3.05, 3.63) is 83.9 Å². The highest BCUT2D eigenvalue weighted by molar-refractivity contribution is 5.91. The molecule has 3 aromatic rings. The van der Waals surface area contributed by atoms with Crippen molar-refractivity contribution in [3.63, 3.8) is 0 Å². The van der Waals surface area contributed by atoms with E-state index in [4.69, 9.17) is 14.7 Å². The van der Waals surface area contributed by atoms with Gasteiger partial charge < -0.3 is 9.47 Å². The number of carbonyl (C=O) groups is 1. The quantitative estimate of drug-likeness (QED) is 0.0993. The molecule has 0 saturated carbocycles. The highest BCUT2D eigenvalue weighted by Gasteiger charge is 2.09. The molecule has 0 bridgehead atoms. The molecule has 6 nitrogen and oxygen atoms in total. The zero-order valence-electron chi connectivity index (χ0n) is 20.9. The van der Waals surface area contributed by atoms with Crippen molar-refractivity contribution >= 4 is 17.3 Å². The van der Waals surface area contributed by atoms with E-state index in [0.29, 0.717) is 22.6 Å². The number of nitrogens with zero attached hydrogens (tertiary/aromatic N) is 3. The molecule has 0 fully saturated rings. The molecule has 0 N–H and O–H groups in total. The fourth-order valence-electron chi connectivity index (χ4n) is 3.61. The van der Waals surface area contributed by atoms with Crippen LogP contribution >= 0.6 is 0 Å². The van der Waals surface area contributed by atoms with Gasteiger partial charge in [0.25, 0.3) is 0 Å². The number of benzene rings is 3. The van der Waals surface area contributed by atoms with E-state index in [1.165, 1.54) is 51.0 Å². The zero-order valence-corrected chi connectivity index (χ0v) is 20.9. The van der Waals surface area contributed by atoms with Gasteiger partial charge in [-0.2, -0.15) is 15.5 Å². The second kappa shape index (κ2) is 15.1. The molecule has 0 amide bonds. The highest BCUT2D eigenvalue weighted by Crippen LogP contribution is 2.22. The Bertz CT molecular complexity index is 1150. The van der Waals surface area contributed by atoms with Gasteiger partial charge in [-0.15, -0.1) is 0 Å². The first-order chi connectivity index (χ1) is 17.7. The van der Waals surface area contributed by atoms with E-state index in [2.05, 4.69) is 17.2 Å². The molecule has 0 aliphatic heterocycles. The molecular weight excluding hydrogens is 450 g/mol. The van der Waals surface area contributed by atoms with E-state index in [0.717, 1.165) is 24.5 Å². The van der Waals surface area contributed by atoms with E-state index in [9.17, 15) is 4.79 Å². The molecule has 6 heteroatoms. The Morgan fingerprint density at radius 2 is 1.39 bits per heavy atom. The van der Waals surface area contributed by atoms with Gasteiger partial charge in [0.2, 0.25) is 0 Å². The van der Waals surface area contributed by atoms with Crippen LogP contribution in [0.1, 0.15) is 74.2 Å². The Hall–Kier alpha value is -3.98. The summed E-state index contributed by atoms with van der Waals surface area (Å²) in [5.41, 5.74) is 2.15. The molecular formula is C30H33N3O3. The molecule has 0 aromatic heterocycles. The van der Waals surface area contributed by atoms with Crippen molar-refractivity contribution in [3.8, 4) is 17.6 Å². The van der Waals surface area contributed by atoms with Crippen molar-refractivity contribution in [1.82, 2.24) is 0 Å². The van der Waals surface area contributed by atoms with Crippen molar-refractivity contribution in [2.45, 2.75) is 58.3 Å². The fraction of sp³-hybridized carbons (Fsp3) is 0.333. The molecule has 3 aromatic carbocycles. The summed E-state index contributed by atoms with van der Waals surface area (Å²) in [7, 11) is 0. The Morgan fingerprint density at radius 1 is 0.778 bits per heavy atom. The van der Waals surface area contributed by atoms with Gasteiger partial charge >= 0.3 is 5.97 Å². The van der Waals surface area contributed by atoms with Crippen molar-refractivity contribution in [2.75, 3.05) is 6.61 Å². The van der Waals surface area contributed by atoms with Gasteiger partial charge in [-0.05, 0) is 73.2 Å². The predicted octanol–water partition coefficient (Wildman–Crippen LogP) is 8.71. The summed E-state index contributed by atoms with van der Waals surface area (Å²) in [5.74, 6) is 0.657. The molecule has 0 spiro atoms. The summed E-state index contributed by atoms with van der Waals surface area (Å²) in [6.45, 7) is 2.97. The van der Waals surface area contributed by atoms with Crippen LogP contribution in [0.5, 0.6) is 11.5 Å².